The number of carbonyl (C=O) groups excluding carboxylic acids is 1. The van der Waals surface area contributed by atoms with Crippen molar-refractivity contribution in [2.45, 2.75) is 6.54 Å². The molecule has 0 atom stereocenters. The molecule has 3 rings (SSSR count). The highest BCUT2D eigenvalue weighted by molar-refractivity contribution is 5.93. The summed E-state index contributed by atoms with van der Waals surface area (Å²) in [6.07, 6.45) is 3.57. The van der Waals surface area contributed by atoms with E-state index in [9.17, 15) is 9.59 Å². The van der Waals surface area contributed by atoms with Gasteiger partial charge < -0.3 is 14.9 Å². The van der Waals surface area contributed by atoms with Crippen molar-refractivity contribution < 1.29 is 4.79 Å². The van der Waals surface area contributed by atoms with Gasteiger partial charge in [0.05, 0.1) is 6.54 Å². The van der Waals surface area contributed by atoms with Gasteiger partial charge in [-0.15, -0.1) is 0 Å². The van der Waals surface area contributed by atoms with Crippen LogP contribution >= 0.6 is 0 Å². The maximum atomic E-state index is 12.3. The monoisotopic (exact) mass is 281 g/mol. The lowest BCUT2D eigenvalue weighted by atomic mass is 10.1. The second-order valence-corrected chi connectivity index (χ2v) is 4.79. The predicted octanol–water partition coefficient (Wildman–Crippen LogP) is 1.74. The van der Waals surface area contributed by atoms with Crippen molar-refractivity contribution in [1.29, 1.82) is 0 Å². The van der Waals surface area contributed by atoms with Crippen molar-refractivity contribution in [2.24, 2.45) is 0 Å². The fourth-order valence-corrected chi connectivity index (χ4v) is 2.44. The van der Waals surface area contributed by atoms with E-state index < -0.39 is 0 Å². The Morgan fingerprint density at radius 3 is 2.90 bits per heavy atom. The smallest absolute Gasteiger partial charge is 0.263 e. The number of aromatic amines is 1. The molecule has 21 heavy (non-hydrogen) atoms. The van der Waals surface area contributed by atoms with Crippen LogP contribution < -0.4 is 10.9 Å². The Bertz CT molecular complexity index is 861. The molecule has 0 bridgehead atoms. The van der Waals surface area contributed by atoms with Gasteiger partial charge in [0.1, 0.15) is 5.56 Å². The number of pyridine rings is 1. The molecule has 3 aromatic rings. The Kier molecular flexibility index (Phi) is 3.31. The molecule has 1 amide bonds. The molecule has 0 aliphatic carbocycles. The van der Waals surface area contributed by atoms with Crippen LogP contribution in [0.2, 0.25) is 0 Å². The Morgan fingerprint density at radius 1 is 1.24 bits per heavy atom. The van der Waals surface area contributed by atoms with Crippen molar-refractivity contribution in [3.8, 4) is 0 Å². The zero-order valence-corrected chi connectivity index (χ0v) is 11.6. The van der Waals surface area contributed by atoms with Crippen molar-refractivity contribution >= 4 is 16.8 Å². The molecular weight excluding hydrogens is 266 g/mol. The fourth-order valence-electron chi connectivity index (χ4n) is 2.44. The molecule has 0 radical (unpaired) electrons. The van der Waals surface area contributed by atoms with Crippen LogP contribution in [0.15, 0.2) is 53.6 Å². The first kappa shape index (κ1) is 13.2. The molecule has 2 heterocycles. The van der Waals surface area contributed by atoms with Gasteiger partial charge >= 0.3 is 0 Å². The normalized spacial score (nSPS) is 10.7. The molecule has 2 aromatic heterocycles. The van der Waals surface area contributed by atoms with Crippen LogP contribution in [0.3, 0.4) is 0 Å². The number of fused-ring (bicyclic) bond motifs is 1. The minimum Gasteiger partial charge on any atom is -0.361 e. The molecule has 0 spiro atoms. The minimum absolute atomic E-state index is 0.154. The standard InChI is InChI=1S/C16H15N3O2/c1-17-15(20)13-5-3-9-19(16(13)21)10-11-4-2-6-14-12(11)7-8-18-14/h2-9,18H,10H2,1H3,(H,17,20). The summed E-state index contributed by atoms with van der Waals surface area (Å²) in [5.74, 6) is -0.366. The number of benzene rings is 1. The molecule has 106 valence electrons. The van der Waals surface area contributed by atoms with Gasteiger partial charge in [0.15, 0.2) is 0 Å². The fraction of sp³-hybridized carbons (Fsp3) is 0.125. The van der Waals surface area contributed by atoms with E-state index in [0.717, 1.165) is 16.5 Å². The number of nitrogens with zero attached hydrogens (tertiary/aromatic N) is 1. The lowest BCUT2D eigenvalue weighted by Crippen LogP contribution is -2.31. The highest BCUT2D eigenvalue weighted by Crippen LogP contribution is 2.17. The van der Waals surface area contributed by atoms with E-state index in [1.54, 1.807) is 16.8 Å². The average molecular weight is 281 g/mol. The third-order valence-electron chi connectivity index (χ3n) is 3.52. The van der Waals surface area contributed by atoms with E-state index in [1.807, 2.05) is 30.5 Å². The topological polar surface area (TPSA) is 66.9 Å². The number of hydrogen-bond acceptors (Lipinski definition) is 2. The number of H-pyrrole nitrogens is 1. The first-order chi connectivity index (χ1) is 10.2. The molecule has 5 nitrogen and oxygen atoms in total. The number of rotatable bonds is 3. The van der Waals surface area contributed by atoms with Crippen LogP contribution in [-0.4, -0.2) is 22.5 Å². The van der Waals surface area contributed by atoms with E-state index >= 15 is 0 Å². The van der Waals surface area contributed by atoms with Gasteiger partial charge in [-0.2, -0.15) is 0 Å². The van der Waals surface area contributed by atoms with Crippen molar-refractivity contribution in [2.75, 3.05) is 7.05 Å². The second-order valence-electron chi connectivity index (χ2n) is 4.79. The lowest BCUT2D eigenvalue weighted by molar-refractivity contribution is 0.0961. The molecule has 0 saturated carbocycles. The highest BCUT2D eigenvalue weighted by Gasteiger charge is 2.11. The minimum atomic E-state index is -0.366. The van der Waals surface area contributed by atoms with Gasteiger partial charge in [0.25, 0.3) is 11.5 Å². The Morgan fingerprint density at radius 2 is 2.10 bits per heavy atom. The number of hydrogen-bond donors (Lipinski definition) is 2. The highest BCUT2D eigenvalue weighted by atomic mass is 16.2. The van der Waals surface area contributed by atoms with Crippen LogP contribution in [0, 0.1) is 0 Å². The lowest BCUT2D eigenvalue weighted by Gasteiger charge is -2.08. The average Bonchev–Trinajstić information content (AvgIpc) is 2.98. The van der Waals surface area contributed by atoms with Gasteiger partial charge in [0.2, 0.25) is 0 Å². The van der Waals surface area contributed by atoms with E-state index in [2.05, 4.69) is 10.3 Å². The Labute approximate surface area is 121 Å². The zero-order chi connectivity index (χ0) is 14.8. The molecule has 1 aromatic carbocycles. The van der Waals surface area contributed by atoms with E-state index in [4.69, 9.17) is 0 Å². The Balaban J connectivity index is 2.04. The van der Waals surface area contributed by atoms with Crippen LogP contribution in [0.1, 0.15) is 15.9 Å². The summed E-state index contributed by atoms with van der Waals surface area (Å²) in [6.45, 7) is 0.429. The summed E-state index contributed by atoms with van der Waals surface area (Å²) in [6, 6.07) is 11.1. The van der Waals surface area contributed by atoms with Gasteiger partial charge in [-0.25, -0.2) is 0 Å². The molecule has 2 N–H and O–H groups in total. The summed E-state index contributed by atoms with van der Waals surface area (Å²) in [5, 5.41) is 3.56. The van der Waals surface area contributed by atoms with Crippen LogP contribution in [0.25, 0.3) is 10.9 Å². The number of nitrogens with one attached hydrogen (secondary N) is 2. The van der Waals surface area contributed by atoms with Crippen LogP contribution in [0.5, 0.6) is 0 Å². The van der Waals surface area contributed by atoms with Gasteiger partial charge in [0, 0.05) is 30.3 Å². The van der Waals surface area contributed by atoms with E-state index in [-0.39, 0.29) is 17.0 Å². The molecule has 5 heteroatoms. The summed E-state index contributed by atoms with van der Waals surface area (Å²) in [5.41, 5.74) is 1.93. The molecule has 0 saturated heterocycles. The quantitative estimate of drug-likeness (QED) is 0.768. The predicted molar refractivity (Wildman–Crippen MR) is 81.5 cm³/mol. The first-order valence-corrected chi connectivity index (χ1v) is 6.67. The molecular formula is C16H15N3O2. The second kappa shape index (κ2) is 5.28. The van der Waals surface area contributed by atoms with Gasteiger partial charge in [-0.3, -0.25) is 9.59 Å². The SMILES string of the molecule is CNC(=O)c1cccn(Cc2cccc3[nH]ccc23)c1=O. The summed E-state index contributed by atoms with van der Waals surface area (Å²) >= 11 is 0. The van der Waals surface area contributed by atoms with E-state index in [1.165, 1.54) is 13.1 Å². The van der Waals surface area contributed by atoms with Crippen LogP contribution in [0.4, 0.5) is 0 Å². The Hall–Kier alpha value is -2.82. The third kappa shape index (κ3) is 2.33. The van der Waals surface area contributed by atoms with Crippen molar-refractivity contribution in [3.05, 3.63) is 70.3 Å². The molecule has 0 unspecified atom stereocenters. The van der Waals surface area contributed by atoms with Crippen molar-refractivity contribution in [3.63, 3.8) is 0 Å². The number of carbonyl (C=O) groups is 1. The summed E-state index contributed by atoms with van der Waals surface area (Å²) in [4.78, 5) is 27.2. The first-order valence-electron chi connectivity index (χ1n) is 6.67. The van der Waals surface area contributed by atoms with Gasteiger partial charge in [-0.1, -0.05) is 12.1 Å². The van der Waals surface area contributed by atoms with Crippen molar-refractivity contribution in [1.82, 2.24) is 14.9 Å². The summed E-state index contributed by atoms with van der Waals surface area (Å²) in [7, 11) is 1.51. The molecule has 0 fully saturated rings. The number of amides is 1. The van der Waals surface area contributed by atoms with Gasteiger partial charge in [-0.05, 0) is 29.8 Å². The maximum absolute atomic E-state index is 12.3. The van der Waals surface area contributed by atoms with E-state index in [0.29, 0.717) is 6.54 Å². The number of aromatic nitrogens is 2. The maximum Gasteiger partial charge on any atom is 0.263 e. The third-order valence-corrected chi connectivity index (χ3v) is 3.52. The largest absolute Gasteiger partial charge is 0.361 e. The molecule has 0 aliphatic rings. The van der Waals surface area contributed by atoms with Crippen LogP contribution in [-0.2, 0) is 6.54 Å². The zero-order valence-electron chi connectivity index (χ0n) is 11.6. The summed E-state index contributed by atoms with van der Waals surface area (Å²) < 4.78 is 1.55. The molecule has 0 aliphatic heterocycles.